The van der Waals surface area contributed by atoms with Crippen molar-refractivity contribution in [2.45, 2.75) is 16.7 Å². The van der Waals surface area contributed by atoms with E-state index in [1.54, 1.807) is 0 Å². The van der Waals surface area contributed by atoms with Gasteiger partial charge in [0.15, 0.2) is 0 Å². The van der Waals surface area contributed by atoms with Gasteiger partial charge in [-0.3, -0.25) is 0 Å². The first-order valence-electron chi connectivity index (χ1n) is 18.3. The van der Waals surface area contributed by atoms with Crippen molar-refractivity contribution in [2.24, 2.45) is 0 Å². The third-order valence-corrected chi connectivity index (χ3v) is 12.4. The Morgan fingerprint density at radius 3 is 1.96 bits per heavy atom. The third kappa shape index (κ3) is 4.55. The van der Waals surface area contributed by atoms with E-state index in [4.69, 9.17) is 0 Å². The first-order chi connectivity index (χ1) is 26.2. The number of aromatic nitrogens is 2. The van der Waals surface area contributed by atoms with Crippen LogP contribution in [0, 0.1) is 6.92 Å². The first-order valence-corrected chi connectivity index (χ1v) is 19.1. The molecule has 11 rings (SSSR count). The average molecular weight is 693 g/mol. The highest BCUT2D eigenvalue weighted by atomic mass is 32.2. The second-order valence-corrected chi connectivity index (χ2v) is 15.2. The highest BCUT2D eigenvalue weighted by Crippen LogP contribution is 2.42. The van der Waals surface area contributed by atoms with E-state index >= 15 is 0 Å². The minimum absolute atomic E-state index is 0.113. The quantitative estimate of drug-likeness (QED) is 0.167. The van der Waals surface area contributed by atoms with Gasteiger partial charge >= 0.3 is 0 Å². The number of benzene rings is 8. The Morgan fingerprint density at radius 1 is 0.453 bits per heavy atom. The molecule has 0 N–H and O–H groups in total. The van der Waals surface area contributed by atoms with Crippen molar-refractivity contribution in [1.29, 1.82) is 0 Å². The molecule has 10 aromatic rings. The lowest BCUT2D eigenvalue weighted by Gasteiger charge is -2.29. The van der Waals surface area contributed by atoms with Crippen LogP contribution in [0.1, 0.15) is 5.56 Å². The molecule has 0 amide bonds. The van der Waals surface area contributed by atoms with Gasteiger partial charge in [0.2, 0.25) is 6.71 Å². The van der Waals surface area contributed by atoms with Crippen LogP contribution < -0.4 is 16.4 Å². The van der Waals surface area contributed by atoms with Crippen molar-refractivity contribution < 1.29 is 0 Å². The minimum Gasteiger partial charge on any atom is -0.309 e. The molecular formula is C49H33BN2S. The molecule has 2 aromatic heterocycles. The molecule has 4 heteroatoms. The van der Waals surface area contributed by atoms with Gasteiger partial charge in [0.1, 0.15) is 0 Å². The largest absolute Gasteiger partial charge is 0.309 e. The normalized spacial score (nSPS) is 12.5. The Bertz CT molecular complexity index is 3050. The highest BCUT2D eigenvalue weighted by molar-refractivity contribution is 8.00. The molecule has 0 fully saturated rings. The van der Waals surface area contributed by atoms with E-state index in [9.17, 15) is 0 Å². The summed E-state index contributed by atoms with van der Waals surface area (Å²) < 4.78 is 4.94. The van der Waals surface area contributed by atoms with Crippen molar-refractivity contribution in [1.82, 2.24) is 9.13 Å². The number of hydrogen-bond donors (Lipinski definition) is 0. The maximum absolute atomic E-state index is 2.52. The van der Waals surface area contributed by atoms with Crippen LogP contribution in [0.3, 0.4) is 0 Å². The molecule has 1 aliphatic rings. The van der Waals surface area contributed by atoms with Gasteiger partial charge in [0, 0.05) is 42.7 Å². The van der Waals surface area contributed by atoms with Crippen molar-refractivity contribution >= 4 is 78.5 Å². The van der Waals surface area contributed by atoms with Gasteiger partial charge in [-0.25, -0.2) is 0 Å². The summed E-state index contributed by atoms with van der Waals surface area (Å²) in [5, 5.41) is 5.07. The highest BCUT2D eigenvalue weighted by Gasteiger charge is 2.34. The van der Waals surface area contributed by atoms with Gasteiger partial charge in [-0.1, -0.05) is 167 Å². The number of aryl methyl sites for hydroxylation is 1. The number of rotatable bonds is 4. The van der Waals surface area contributed by atoms with Crippen LogP contribution >= 0.6 is 11.8 Å². The van der Waals surface area contributed by atoms with Gasteiger partial charge in [-0.15, -0.1) is 0 Å². The van der Waals surface area contributed by atoms with Crippen LogP contribution in [-0.4, -0.2) is 15.8 Å². The van der Waals surface area contributed by atoms with E-state index in [-0.39, 0.29) is 6.71 Å². The lowest BCUT2D eigenvalue weighted by molar-refractivity contribution is 1.17. The van der Waals surface area contributed by atoms with Crippen LogP contribution in [0.25, 0.3) is 66.1 Å². The molecule has 0 unspecified atom stereocenters. The molecule has 8 aromatic carbocycles. The summed E-state index contributed by atoms with van der Waals surface area (Å²) in [6.07, 6.45) is 0. The number of para-hydroxylation sites is 3. The Hall–Kier alpha value is -6.23. The van der Waals surface area contributed by atoms with Gasteiger partial charge in [0.05, 0.1) is 22.1 Å². The molecule has 2 nitrogen and oxygen atoms in total. The Kier molecular flexibility index (Phi) is 6.83. The Labute approximate surface area is 313 Å². The predicted molar refractivity (Wildman–Crippen MR) is 227 cm³/mol. The lowest BCUT2D eigenvalue weighted by Crippen LogP contribution is -2.56. The molecule has 0 spiro atoms. The summed E-state index contributed by atoms with van der Waals surface area (Å²) in [6, 6.07) is 67.0. The van der Waals surface area contributed by atoms with Crippen LogP contribution in [0.2, 0.25) is 0 Å². The van der Waals surface area contributed by atoms with E-state index in [1.807, 2.05) is 11.8 Å². The third-order valence-electron chi connectivity index (χ3n) is 11.2. The van der Waals surface area contributed by atoms with Gasteiger partial charge in [-0.05, 0) is 66.6 Å². The summed E-state index contributed by atoms with van der Waals surface area (Å²) in [6.45, 7) is 2.39. The Balaban J connectivity index is 1.20. The molecule has 0 bridgehead atoms. The fourth-order valence-electron chi connectivity index (χ4n) is 8.96. The number of fused-ring (bicyclic) bond motifs is 9. The zero-order chi connectivity index (χ0) is 35.0. The van der Waals surface area contributed by atoms with Crippen molar-refractivity contribution in [3.8, 4) is 22.5 Å². The second-order valence-electron chi connectivity index (χ2n) is 14.1. The summed E-state index contributed by atoms with van der Waals surface area (Å²) in [7, 11) is 0. The minimum atomic E-state index is 0.113. The molecule has 0 atom stereocenters. The summed E-state index contributed by atoms with van der Waals surface area (Å²) >= 11 is 1.90. The second kappa shape index (κ2) is 11.9. The molecule has 0 radical (unpaired) electrons. The summed E-state index contributed by atoms with van der Waals surface area (Å²) in [5.74, 6) is 0. The summed E-state index contributed by atoms with van der Waals surface area (Å²) in [4.78, 5) is 2.62. The molecule has 0 saturated heterocycles. The van der Waals surface area contributed by atoms with E-state index in [0.29, 0.717) is 0 Å². The monoisotopic (exact) mass is 692 g/mol. The smallest absolute Gasteiger partial charge is 0.245 e. The van der Waals surface area contributed by atoms with Crippen molar-refractivity contribution in [3.05, 3.63) is 188 Å². The fourth-order valence-corrected chi connectivity index (χ4v) is 10.1. The Morgan fingerprint density at radius 2 is 1.13 bits per heavy atom. The van der Waals surface area contributed by atoms with E-state index in [0.717, 1.165) is 0 Å². The predicted octanol–water partition coefficient (Wildman–Crippen LogP) is 10.8. The molecule has 1 aliphatic heterocycles. The maximum atomic E-state index is 2.52. The maximum Gasteiger partial charge on any atom is 0.245 e. The molecule has 53 heavy (non-hydrogen) atoms. The van der Waals surface area contributed by atoms with Crippen molar-refractivity contribution in [3.63, 3.8) is 0 Å². The van der Waals surface area contributed by atoms with E-state index in [1.165, 1.54) is 97.9 Å². The van der Waals surface area contributed by atoms with Gasteiger partial charge in [0.25, 0.3) is 0 Å². The molecule has 0 aliphatic carbocycles. The van der Waals surface area contributed by atoms with Crippen LogP contribution in [0.5, 0.6) is 0 Å². The molecule has 0 saturated carbocycles. The standard InChI is InChI=1S/C49H33BN2S/c1-32-15-14-22-36(33-16-4-2-5-17-33)48(32)50-40-23-10-13-26-45(40)53-46-31-35(27-29-41(46)50)52-42-24-11-8-20-37(42)38-28-30-44-47(49(38)52)39-21-9-12-25-43(39)51(44)34-18-6-3-7-19-34/h2-31H,1H3. The zero-order valence-corrected chi connectivity index (χ0v) is 30.0. The lowest BCUT2D eigenvalue weighted by atomic mass is 9.35. The fraction of sp³-hybridized carbons (Fsp3) is 0.0204. The summed E-state index contributed by atoms with van der Waals surface area (Å²) in [5.41, 5.74) is 15.2. The van der Waals surface area contributed by atoms with Gasteiger partial charge in [-0.2, -0.15) is 0 Å². The number of nitrogens with zero attached hydrogens (tertiary/aromatic N) is 2. The first kappa shape index (κ1) is 30.4. The molecular weight excluding hydrogens is 659 g/mol. The van der Waals surface area contributed by atoms with E-state index < -0.39 is 0 Å². The zero-order valence-electron chi connectivity index (χ0n) is 29.2. The SMILES string of the molecule is Cc1cccc(-c2ccccc2)c1B1c2ccccc2Sc2cc(-n3c4ccccc4c4ccc5c(c6ccccc6n5-c5ccccc5)c43)ccc21. The number of hydrogen-bond acceptors (Lipinski definition) is 1. The van der Waals surface area contributed by atoms with E-state index in [2.05, 4.69) is 198 Å². The average Bonchev–Trinajstić information content (AvgIpc) is 3.73. The van der Waals surface area contributed by atoms with Crippen LogP contribution in [0.15, 0.2) is 192 Å². The molecule has 248 valence electrons. The van der Waals surface area contributed by atoms with Crippen molar-refractivity contribution in [2.75, 3.05) is 0 Å². The van der Waals surface area contributed by atoms with Crippen LogP contribution in [-0.2, 0) is 0 Å². The van der Waals surface area contributed by atoms with Crippen LogP contribution in [0.4, 0.5) is 0 Å². The topological polar surface area (TPSA) is 9.86 Å². The molecule has 3 heterocycles. The van der Waals surface area contributed by atoms with Gasteiger partial charge < -0.3 is 9.13 Å².